The van der Waals surface area contributed by atoms with Crippen LogP contribution in [0, 0.1) is 11.6 Å². The van der Waals surface area contributed by atoms with Crippen molar-refractivity contribution >= 4 is 0 Å². The number of nitrogens with two attached hydrogens (primary N) is 1. The summed E-state index contributed by atoms with van der Waals surface area (Å²) in [6.07, 6.45) is -1.50. The maximum atomic E-state index is 12.8. The number of halogens is 3. The molecule has 0 radical (unpaired) electrons. The van der Waals surface area contributed by atoms with Gasteiger partial charge in [0, 0.05) is 12.6 Å². The van der Waals surface area contributed by atoms with Crippen molar-refractivity contribution in [1.29, 1.82) is 0 Å². The zero-order valence-corrected chi connectivity index (χ0v) is 6.23. The van der Waals surface area contributed by atoms with Crippen molar-refractivity contribution in [3.05, 3.63) is 35.4 Å². The molecule has 0 fully saturated rings. The lowest BCUT2D eigenvalue weighted by molar-refractivity contribution is 0.350. The number of rotatable bonds is 2. The molecule has 1 aromatic carbocycles. The predicted octanol–water partition coefficient (Wildman–Crippen LogP) is 1.93. The van der Waals surface area contributed by atoms with Crippen LogP contribution in [0.4, 0.5) is 13.2 Å². The number of hydrogen-bond acceptors (Lipinski definition) is 1. The maximum absolute atomic E-state index is 12.8. The predicted molar refractivity (Wildman–Crippen MR) is 39.3 cm³/mol. The molecule has 66 valence electrons. The smallest absolute Gasteiger partial charge is 0.137 e. The molecule has 0 saturated carbocycles. The molecule has 0 heterocycles. The molecule has 1 rings (SSSR count). The molecule has 0 aromatic heterocycles. The quantitative estimate of drug-likeness (QED) is 0.730. The highest BCUT2D eigenvalue weighted by molar-refractivity contribution is 5.20. The van der Waals surface area contributed by atoms with Crippen LogP contribution in [0.15, 0.2) is 18.2 Å². The third-order valence-corrected chi connectivity index (χ3v) is 1.45. The number of alkyl halides is 1. The molecule has 1 unspecified atom stereocenters. The molecule has 4 heteroatoms. The molecular weight excluding hydrogens is 167 g/mol. The first-order valence-corrected chi connectivity index (χ1v) is 3.43. The third kappa shape index (κ3) is 1.98. The SMILES string of the molecule is NCC(F)c1cc(F)cc(F)c1. The highest BCUT2D eigenvalue weighted by Crippen LogP contribution is 2.18. The van der Waals surface area contributed by atoms with Crippen LogP contribution in [-0.4, -0.2) is 6.54 Å². The highest BCUT2D eigenvalue weighted by atomic mass is 19.1. The lowest BCUT2D eigenvalue weighted by Crippen LogP contribution is -2.08. The van der Waals surface area contributed by atoms with E-state index in [0.29, 0.717) is 6.07 Å². The monoisotopic (exact) mass is 175 g/mol. The molecule has 0 bridgehead atoms. The molecular formula is C8H8F3N. The van der Waals surface area contributed by atoms with E-state index >= 15 is 0 Å². The summed E-state index contributed by atoms with van der Waals surface area (Å²) in [5.74, 6) is -1.58. The Bertz CT molecular complexity index is 255. The van der Waals surface area contributed by atoms with Gasteiger partial charge in [-0.3, -0.25) is 0 Å². The van der Waals surface area contributed by atoms with Crippen LogP contribution in [-0.2, 0) is 0 Å². The van der Waals surface area contributed by atoms with Gasteiger partial charge in [0.25, 0.3) is 0 Å². The average Bonchev–Trinajstić information content (AvgIpc) is 2.01. The normalized spacial score (nSPS) is 13.0. The average molecular weight is 175 g/mol. The Morgan fingerprint density at radius 1 is 1.17 bits per heavy atom. The fourth-order valence-electron chi connectivity index (χ4n) is 0.892. The Morgan fingerprint density at radius 3 is 2.08 bits per heavy atom. The lowest BCUT2D eigenvalue weighted by Gasteiger charge is -2.04. The topological polar surface area (TPSA) is 26.0 Å². The molecule has 0 amide bonds. The lowest BCUT2D eigenvalue weighted by atomic mass is 10.1. The van der Waals surface area contributed by atoms with Gasteiger partial charge >= 0.3 is 0 Å². The molecule has 0 spiro atoms. The van der Waals surface area contributed by atoms with E-state index in [-0.39, 0.29) is 12.1 Å². The Kier molecular flexibility index (Phi) is 2.70. The van der Waals surface area contributed by atoms with Gasteiger partial charge in [0.2, 0.25) is 0 Å². The summed E-state index contributed by atoms with van der Waals surface area (Å²) < 4.78 is 37.7. The van der Waals surface area contributed by atoms with E-state index in [0.717, 1.165) is 12.1 Å². The molecule has 0 aliphatic rings. The molecule has 0 saturated heterocycles. The minimum Gasteiger partial charge on any atom is -0.327 e. The standard InChI is InChI=1S/C8H8F3N/c9-6-1-5(8(11)4-12)2-7(10)3-6/h1-3,8H,4,12H2. The van der Waals surface area contributed by atoms with E-state index in [2.05, 4.69) is 0 Å². The summed E-state index contributed by atoms with van der Waals surface area (Å²) in [6.45, 7) is -0.275. The van der Waals surface area contributed by atoms with Crippen molar-refractivity contribution in [2.24, 2.45) is 5.73 Å². The van der Waals surface area contributed by atoms with Crippen molar-refractivity contribution in [2.75, 3.05) is 6.54 Å². The Balaban J connectivity index is 3.00. The van der Waals surface area contributed by atoms with Gasteiger partial charge in [0.15, 0.2) is 0 Å². The van der Waals surface area contributed by atoms with Crippen LogP contribution in [0.3, 0.4) is 0 Å². The van der Waals surface area contributed by atoms with Crippen molar-refractivity contribution < 1.29 is 13.2 Å². The summed E-state index contributed by atoms with van der Waals surface area (Å²) in [5.41, 5.74) is 4.92. The summed E-state index contributed by atoms with van der Waals surface area (Å²) in [5, 5.41) is 0. The maximum Gasteiger partial charge on any atom is 0.137 e. The van der Waals surface area contributed by atoms with E-state index in [4.69, 9.17) is 5.73 Å². The van der Waals surface area contributed by atoms with Gasteiger partial charge in [-0.05, 0) is 17.7 Å². The summed E-state index contributed by atoms with van der Waals surface area (Å²) >= 11 is 0. The molecule has 0 aliphatic carbocycles. The highest BCUT2D eigenvalue weighted by Gasteiger charge is 2.09. The fourth-order valence-corrected chi connectivity index (χ4v) is 0.892. The zero-order valence-electron chi connectivity index (χ0n) is 6.23. The summed E-state index contributed by atoms with van der Waals surface area (Å²) in [4.78, 5) is 0. The molecule has 1 aromatic rings. The fraction of sp³-hybridized carbons (Fsp3) is 0.250. The Labute approximate surface area is 68.0 Å². The first-order chi connectivity index (χ1) is 5.63. The first kappa shape index (κ1) is 9.06. The first-order valence-electron chi connectivity index (χ1n) is 3.43. The van der Waals surface area contributed by atoms with Crippen LogP contribution in [0.25, 0.3) is 0 Å². The van der Waals surface area contributed by atoms with E-state index in [9.17, 15) is 13.2 Å². The van der Waals surface area contributed by atoms with E-state index in [1.54, 1.807) is 0 Å². The molecule has 12 heavy (non-hydrogen) atoms. The minimum absolute atomic E-state index is 0.0602. The van der Waals surface area contributed by atoms with Gasteiger partial charge in [-0.2, -0.15) is 0 Å². The van der Waals surface area contributed by atoms with Crippen LogP contribution < -0.4 is 5.73 Å². The van der Waals surface area contributed by atoms with Crippen molar-refractivity contribution in [2.45, 2.75) is 6.17 Å². The van der Waals surface area contributed by atoms with Gasteiger partial charge in [-0.1, -0.05) is 0 Å². The summed E-state index contributed by atoms with van der Waals surface area (Å²) in [6, 6.07) is 2.55. The van der Waals surface area contributed by atoms with Gasteiger partial charge < -0.3 is 5.73 Å². The largest absolute Gasteiger partial charge is 0.327 e. The second kappa shape index (κ2) is 3.58. The van der Waals surface area contributed by atoms with Crippen LogP contribution in [0.2, 0.25) is 0 Å². The zero-order chi connectivity index (χ0) is 9.14. The van der Waals surface area contributed by atoms with Gasteiger partial charge in [0.05, 0.1) is 0 Å². The van der Waals surface area contributed by atoms with Gasteiger partial charge in [0.1, 0.15) is 17.8 Å². The number of hydrogen-bond donors (Lipinski definition) is 1. The second-order valence-corrected chi connectivity index (χ2v) is 2.41. The molecule has 2 N–H and O–H groups in total. The van der Waals surface area contributed by atoms with Crippen molar-refractivity contribution in [3.8, 4) is 0 Å². The van der Waals surface area contributed by atoms with Crippen LogP contribution in [0.5, 0.6) is 0 Å². The summed E-state index contributed by atoms with van der Waals surface area (Å²) in [7, 11) is 0. The van der Waals surface area contributed by atoms with Gasteiger partial charge in [-0.15, -0.1) is 0 Å². The van der Waals surface area contributed by atoms with E-state index < -0.39 is 17.8 Å². The molecule has 1 nitrogen and oxygen atoms in total. The van der Waals surface area contributed by atoms with Crippen molar-refractivity contribution in [3.63, 3.8) is 0 Å². The van der Waals surface area contributed by atoms with E-state index in [1.807, 2.05) is 0 Å². The van der Waals surface area contributed by atoms with Gasteiger partial charge in [-0.25, -0.2) is 13.2 Å². The third-order valence-electron chi connectivity index (χ3n) is 1.45. The number of benzene rings is 1. The van der Waals surface area contributed by atoms with Crippen LogP contribution in [0.1, 0.15) is 11.7 Å². The van der Waals surface area contributed by atoms with Crippen molar-refractivity contribution in [1.82, 2.24) is 0 Å². The Morgan fingerprint density at radius 2 is 1.67 bits per heavy atom. The molecule has 1 atom stereocenters. The second-order valence-electron chi connectivity index (χ2n) is 2.41. The Hall–Kier alpha value is -1.03. The molecule has 0 aliphatic heterocycles. The minimum atomic E-state index is -1.50. The van der Waals surface area contributed by atoms with E-state index in [1.165, 1.54) is 0 Å². The van der Waals surface area contributed by atoms with Crippen LogP contribution >= 0.6 is 0 Å².